The summed E-state index contributed by atoms with van der Waals surface area (Å²) in [4.78, 5) is 29.6. The second-order valence-corrected chi connectivity index (χ2v) is 10.6. The van der Waals surface area contributed by atoms with Gasteiger partial charge < -0.3 is 14.7 Å². The van der Waals surface area contributed by atoms with Crippen molar-refractivity contribution in [1.82, 2.24) is 10.3 Å². The molecule has 5 nitrogen and oxygen atoms in total. The highest BCUT2D eigenvalue weighted by atomic mass is 19.1. The summed E-state index contributed by atoms with van der Waals surface area (Å²) < 4.78 is 19.9. The van der Waals surface area contributed by atoms with E-state index in [1.807, 2.05) is 42.6 Å². The van der Waals surface area contributed by atoms with Gasteiger partial charge in [-0.05, 0) is 78.6 Å². The minimum absolute atomic E-state index is 0.191. The predicted octanol–water partition coefficient (Wildman–Crippen LogP) is 7.12. The monoisotopic (exact) mass is 492 g/mol. The topological polar surface area (TPSA) is 75.1 Å². The van der Waals surface area contributed by atoms with E-state index >= 15 is 0 Å². The molecule has 3 saturated carbocycles. The van der Waals surface area contributed by atoms with E-state index in [-0.39, 0.29) is 22.9 Å². The van der Waals surface area contributed by atoms with Crippen LogP contribution in [0.4, 0.5) is 4.39 Å². The van der Waals surface area contributed by atoms with Gasteiger partial charge in [0.2, 0.25) is 0 Å². The van der Waals surface area contributed by atoms with Gasteiger partial charge in [-0.25, -0.2) is 4.39 Å². The number of H-pyrrole nitrogens is 1. The van der Waals surface area contributed by atoms with E-state index in [0.717, 1.165) is 27.9 Å². The molecule has 3 fully saturated rings. The maximum Gasteiger partial charge on any atom is 0.255 e. The van der Waals surface area contributed by atoms with E-state index in [1.165, 1.54) is 31.4 Å². The first-order valence-electron chi connectivity index (χ1n) is 12.6. The molecule has 0 saturated heterocycles. The molecule has 3 aromatic carbocycles. The predicted molar refractivity (Wildman–Crippen MR) is 141 cm³/mol. The lowest BCUT2D eigenvalue weighted by Crippen LogP contribution is -2.52. The molecule has 184 valence electrons. The molecule has 6 heteroatoms. The van der Waals surface area contributed by atoms with Crippen LogP contribution in [-0.4, -0.2) is 23.7 Å². The summed E-state index contributed by atoms with van der Waals surface area (Å²) in [5, 5.41) is 4.21. The van der Waals surface area contributed by atoms with E-state index in [9.17, 15) is 14.0 Å². The number of hydrogen-bond donors (Lipinski definition) is 2. The lowest BCUT2D eigenvalue weighted by molar-refractivity contribution is -0.103. The van der Waals surface area contributed by atoms with Gasteiger partial charge >= 0.3 is 0 Å². The van der Waals surface area contributed by atoms with E-state index < -0.39 is 0 Å². The number of amides is 1. The summed E-state index contributed by atoms with van der Waals surface area (Å²) in [5.74, 6) is 0.770. The van der Waals surface area contributed by atoms with Crippen molar-refractivity contribution in [2.75, 3.05) is 7.05 Å². The van der Waals surface area contributed by atoms with E-state index in [0.29, 0.717) is 39.8 Å². The largest absolute Gasteiger partial charge is 0.454 e. The number of carbonyl (C=O) groups is 2. The number of furan rings is 1. The zero-order chi connectivity index (χ0) is 25.3. The minimum atomic E-state index is -0.361. The smallest absolute Gasteiger partial charge is 0.255 e. The van der Waals surface area contributed by atoms with E-state index in [4.69, 9.17) is 4.42 Å². The highest BCUT2D eigenvalue weighted by Crippen LogP contribution is 2.66. The summed E-state index contributed by atoms with van der Waals surface area (Å²) in [5.41, 5.74) is 5.18. The maximum absolute atomic E-state index is 13.6. The molecule has 3 aliphatic carbocycles. The van der Waals surface area contributed by atoms with Crippen LogP contribution in [0.25, 0.3) is 44.3 Å². The van der Waals surface area contributed by atoms with Gasteiger partial charge in [-0.3, -0.25) is 9.59 Å². The Kier molecular flexibility index (Phi) is 4.71. The molecule has 8 rings (SSSR count). The van der Waals surface area contributed by atoms with Crippen LogP contribution in [0.5, 0.6) is 0 Å². The Hall–Kier alpha value is -4.19. The third-order valence-electron chi connectivity index (χ3n) is 8.25. The van der Waals surface area contributed by atoms with Crippen LogP contribution in [0.15, 0.2) is 71.3 Å². The Labute approximate surface area is 212 Å². The molecule has 0 spiro atoms. The molecule has 0 aliphatic heterocycles. The Bertz CT molecular complexity index is 1710. The molecule has 37 heavy (non-hydrogen) atoms. The zero-order valence-corrected chi connectivity index (χ0v) is 20.4. The summed E-state index contributed by atoms with van der Waals surface area (Å²) in [6.07, 6.45) is 6.03. The highest BCUT2D eigenvalue weighted by Gasteiger charge is 2.56. The number of Topliss-reactive ketones (excluding diaryl/α,β-unsaturated/α-hetero) is 1. The van der Waals surface area contributed by atoms with Crippen molar-refractivity contribution in [3.63, 3.8) is 0 Å². The fourth-order valence-electron chi connectivity index (χ4n) is 6.34. The molecular weight excluding hydrogens is 467 g/mol. The molecule has 5 aromatic rings. The Balaban J connectivity index is 1.39. The average molecular weight is 493 g/mol. The number of nitrogens with one attached hydrogen (secondary N) is 2. The molecule has 2 aromatic heterocycles. The van der Waals surface area contributed by atoms with Crippen LogP contribution in [0.2, 0.25) is 0 Å². The van der Waals surface area contributed by atoms with Crippen molar-refractivity contribution < 1.29 is 18.4 Å². The number of hydrogen-bond acceptors (Lipinski definition) is 3. The SMILES string of the molecule is CNC(=O)c1c(-c2ccc(F)cc2)oc2c1cc(-c1cccc(C(=O)CC34CC(C3)C4)c1)c1[nH]ccc12. The molecule has 0 atom stereocenters. The fraction of sp³-hybridized carbons (Fsp3) is 0.226. The van der Waals surface area contributed by atoms with E-state index in [2.05, 4.69) is 10.3 Å². The maximum atomic E-state index is 13.6. The summed E-state index contributed by atoms with van der Waals surface area (Å²) >= 11 is 0. The van der Waals surface area contributed by atoms with Crippen molar-refractivity contribution in [2.24, 2.45) is 11.3 Å². The van der Waals surface area contributed by atoms with Crippen LogP contribution in [0.3, 0.4) is 0 Å². The number of aromatic amines is 1. The molecule has 3 aliphatic rings. The second-order valence-electron chi connectivity index (χ2n) is 10.6. The zero-order valence-electron chi connectivity index (χ0n) is 20.4. The van der Waals surface area contributed by atoms with Crippen LogP contribution in [0.1, 0.15) is 46.4 Å². The van der Waals surface area contributed by atoms with Crippen LogP contribution in [-0.2, 0) is 0 Å². The third-order valence-corrected chi connectivity index (χ3v) is 8.25. The van der Waals surface area contributed by atoms with Gasteiger partial charge in [0, 0.05) is 47.1 Å². The van der Waals surface area contributed by atoms with Crippen molar-refractivity contribution >= 4 is 33.6 Å². The highest BCUT2D eigenvalue weighted by molar-refractivity contribution is 6.19. The molecule has 2 N–H and O–H groups in total. The van der Waals surface area contributed by atoms with Crippen LogP contribution in [0, 0.1) is 17.2 Å². The molecule has 0 radical (unpaired) electrons. The Morgan fingerprint density at radius 3 is 2.51 bits per heavy atom. The standard InChI is InChI=1S/C31H25FN2O3/c1-33-30(36)26-24-12-23(19-3-2-4-20(11-19)25(35)16-31-13-17(14-31)15-31)27-22(9-10-34-27)29(24)37-28(26)18-5-7-21(32)8-6-18/h2-12,17,34H,13-16H2,1H3,(H,33,36). The molecule has 1 amide bonds. The summed E-state index contributed by atoms with van der Waals surface area (Å²) in [7, 11) is 1.58. The first-order valence-corrected chi connectivity index (χ1v) is 12.6. The number of ketones is 1. The van der Waals surface area contributed by atoms with Gasteiger partial charge in [-0.2, -0.15) is 0 Å². The molecule has 2 heterocycles. The van der Waals surface area contributed by atoms with Gasteiger partial charge in [0.25, 0.3) is 5.91 Å². The minimum Gasteiger partial charge on any atom is -0.454 e. The second kappa shape index (κ2) is 7.90. The van der Waals surface area contributed by atoms with E-state index in [1.54, 1.807) is 19.2 Å². The third kappa shape index (κ3) is 3.35. The van der Waals surface area contributed by atoms with Gasteiger partial charge in [-0.1, -0.05) is 18.2 Å². The Morgan fingerprint density at radius 2 is 1.81 bits per heavy atom. The first-order chi connectivity index (χ1) is 17.9. The molecular formula is C31H25FN2O3. The number of benzene rings is 3. The van der Waals surface area contributed by atoms with Gasteiger partial charge in [-0.15, -0.1) is 0 Å². The number of halogens is 1. The summed E-state index contributed by atoms with van der Waals surface area (Å²) in [6.45, 7) is 0. The number of carbonyl (C=O) groups excluding carboxylic acids is 2. The van der Waals surface area contributed by atoms with Gasteiger partial charge in [0.05, 0.1) is 11.1 Å². The Morgan fingerprint density at radius 1 is 1.03 bits per heavy atom. The lowest BCUT2D eigenvalue weighted by atomic mass is 9.43. The molecule has 2 bridgehead atoms. The average Bonchev–Trinajstić information content (AvgIpc) is 3.50. The summed E-state index contributed by atoms with van der Waals surface area (Å²) in [6, 6.07) is 17.5. The van der Waals surface area contributed by atoms with Crippen molar-refractivity contribution in [3.05, 3.63) is 83.8 Å². The van der Waals surface area contributed by atoms with Gasteiger partial charge in [0.1, 0.15) is 17.2 Å². The molecule has 0 unspecified atom stereocenters. The number of rotatable bonds is 6. The van der Waals surface area contributed by atoms with Crippen molar-refractivity contribution in [1.29, 1.82) is 0 Å². The first kappa shape index (κ1) is 22.0. The fourth-order valence-corrected chi connectivity index (χ4v) is 6.34. The van der Waals surface area contributed by atoms with Crippen LogP contribution < -0.4 is 5.32 Å². The quantitative estimate of drug-likeness (QED) is 0.248. The van der Waals surface area contributed by atoms with Gasteiger partial charge in [0.15, 0.2) is 5.78 Å². The van der Waals surface area contributed by atoms with Crippen molar-refractivity contribution in [3.8, 4) is 22.5 Å². The van der Waals surface area contributed by atoms with Crippen molar-refractivity contribution in [2.45, 2.75) is 25.7 Å². The normalized spacial score (nSPS) is 20.0. The van der Waals surface area contributed by atoms with Crippen LogP contribution >= 0.6 is 0 Å². The number of fused-ring (bicyclic) bond motifs is 3. The number of aromatic nitrogens is 1. The lowest BCUT2D eigenvalue weighted by Gasteiger charge is -2.62.